The zero-order valence-electron chi connectivity index (χ0n) is 15.0. The summed E-state index contributed by atoms with van der Waals surface area (Å²) in [5.74, 6) is -1.37. The Morgan fingerprint density at radius 1 is 1.04 bits per heavy atom. The van der Waals surface area contributed by atoms with Crippen LogP contribution < -0.4 is 0 Å². The molecule has 0 amide bonds. The van der Waals surface area contributed by atoms with Crippen LogP contribution in [-0.2, 0) is 19.3 Å². The van der Waals surface area contributed by atoms with Crippen molar-refractivity contribution in [3.8, 4) is 0 Å². The van der Waals surface area contributed by atoms with Crippen LogP contribution in [0.5, 0.6) is 0 Å². The van der Waals surface area contributed by atoms with Crippen molar-refractivity contribution in [3.05, 3.63) is 76.7 Å². The normalized spacial score (nSPS) is 20.7. The highest BCUT2D eigenvalue weighted by Crippen LogP contribution is 2.47. The molecule has 0 N–H and O–H groups in total. The van der Waals surface area contributed by atoms with Crippen molar-refractivity contribution < 1.29 is 31.1 Å². The first-order chi connectivity index (χ1) is 13.3. The Bertz CT molecular complexity index is 938. The van der Waals surface area contributed by atoms with E-state index >= 15 is 0 Å². The van der Waals surface area contributed by atoms with E-state index < -0.39 is 32.5 Å². The van der Waals surface area contributed by atoms with E-state index in [-0.39, 0.29) is 24.4 Å². The van der Waals surface area contributed by atoms with Crippen molar-refractivity contribution in [2.75, 3.05) is 6.61 Å². The van der Waals surface area contributed by atoms with Gasteiger partial charge in [0.2, 0.25) is 6.29 Å². The van der Waals surface area contributed by atoms with Crippen LogP contribution in [-0.4, -0.2) is 26.8 Å². The van der Waals surface area contributed by atoms with Gasteiger partial charge >= 0.3 is 5.51 Å². The molecule has 4 nitrogen and oxygen atoms in total. The van der Waals surface area contributed by atoms with Gasteiger partial charge in [-0.05, 0) is 12.5 Å². The maximum absolute atomic E-state index is 13.5. The lowest BCUT2D eigenvalue weighted by Gasteiger charge is -2.34. The van der Waals surface area contributed by atoms with Gasteiger partial charge in [0, 0.05) is 24.5 Å². The zero-order valence-corrected chi connectivity index (χ0v) is 15.8. The van der Waals surface area contributed by atoms with E-state index in [1.807, 2.05) is 0 Å². The summed E-state index contributed by atoms with van der Waals surface area (Å²) in [5.41, 5.74) is -4.75. The first kappa shape index (κ1) is 20.4. The van der Waals surface area contributed by atoms with E-state index in [0.717, 1.165) is 0 Å². The Morgan fingerprint density at radius 3 is 2.14 bits per heavy atom. The lowest BCUT2D eigenvalue weighted by Crippen LogP contribution is -2.34. The molecule has 150 valence electrons. The first-order valence-corrected chi connectivity index (χ1v) is 10.2. The van der Waals surface area contributed by atoms with Gasteiger partial charge in [-0.2, -0.15) is 13.2 Å². The van der Waals surface area contributed by atoms with Crippen molar-refractivity contribution in [2.24, 2.45) is 0 Å². The third kappa shape index (κ3) is 3.93. The first-order valence-electron chi connectivity index (χ1n) is 8.70. The quantitative estimate of drug-likeness (QED) is 0.704. The van der Waals surface area contributed by atoms with Gasteiger partial charge in [-0.1, -0.05) is 60.7 Å². The Kier molecular flexibility index (Phi) is 5.81. The highest BCUT2D eigenvalue weighted by Gasteiger charge is 2.53. The molecule has 2 unspecified atom stereocenters. The number of alkyl halides is 3. The van der Waals surface area contributed by atoms with Gasteiger partial charge in [-0.25, -0.2) is 8.42 Å². The third-order valence-electron chi connectivity index (χ3n) is 4.40. The molecule has 0 saturated heterocycles. The molecule has 2 atom stereocenters. The zero-order chi connectivity index (χ0) is 20.4. The average Bonchev–Trinajstić information content (AvgIpc) is 2.68. The summed E-state index contributed by atoms with van der Waals surface area (Å²) in [5, 5.41) is 0. The molecule has 2 aromatic carbocycles. The molecule has 0 fully saturated rings. The second kappa shape index (κ2) is 7.97. The number of allylic oxidation sites excluding steroid dienone is 1. The maximum atomic E-state index is 13.5. The predicted molar refractivity (Wildman–Crippen MR) is 98.6 cm³/mol. The Labute approximate surface area is 161 Å². The molecule has 0 aromatic heterocycles. The van der Waals surface area contributed by atoms with Gasteiger partial charge in [0.1, 0.15) is 10.7 Å². The maximum Gasteiger partial charge on any atom is 0.501 e. The molecule has 0 spiro atoms. The lowest BCUT2D eigenvalue weighted by molar-refractivity contribution is -0.105. The molecular weight excluding hydrogens is 393 g/mol. The number of hydrogen-bond donors (Lipinski definition) is 0. The van der Waals surface area contributed by atoms with E-state index in [2.05, 4.69) is 0 Å². The minimum absolute atomic E-state index is 0.0428. The topological polar surface area (TPSA) is 52.6 Å². The van der Waals surface area contributed by atoms with Crippen LogP contribution in [0.25, 0.3) is 5.76 Å². The minimum Gasteiger partial charge on any atom is -0.463 e. The number of halogens is 3. The van der Waals surface area contributed by atoms with Crippen molar-refractivity contribution in [1.82, 2.24) is 0 Å². The molecule has 3 rings (SSSR count). The summed E-state index contributed by atoms with van der Waals surface area (Å²) in [7, 11) is -5.63. The third-order valence-corrected chi connectivity index (χ3v) is 6.06. The molecule has 1 aliphatic heterocycles. The largest absolute Gasteiger partial charge is 0.501 e. The molecule has 28 heavy (non-hydrogen) atoms. The molecule has 2 aromatic rings. The van der Waals surface area contributed by atoms with Gasteiger partial charge in [0.15, 0.2) is 0 Å². The van der Waals surface area contributed by atoms with Crippen LogP contribution in [0.2, 0.25) is 0 Å². The predicted octanol–water partition coefficient (Wildman–Crippen LogP) is 4.86. The van der Waals surface area contributed by atoms with E-state index in [1.165, 1.54) is 12.1 Å². The van der Waals surface area contributed by atoms with Gasteiger partial charge in [-0.3, -0.25) is 0 Å². The molecule has 8 heteroatoms. The van der Waals surface area contributed by atoms with Crippen molar-refractivity contribution in [3.63, 3.8) is 0 Å². The van der Waals surface area contributed by atoms with Crippen LogP contribution in [0.4, 0.5) is 13.2 Å². The molecule has 0 radical (unpaired) electrons. The Hall–Kier alpha value is -2.32. The summed E-state index contributed by atoms with van der Waals surface area (Å²) in [4.78, 5) is -0.784. The summed E-state index contributed by atoms with van der Waals surface area (Å²) in [6.45, 7) is 2.00. The van der Waals surface area contributed by atoms with Crippen LogP contribution in [0.3, 0.4) is 0 Å². The van der Waals surface area contributed by atoms with Crippen LogP contribution in [0.1, 0.15) is 30.4 Å². The SMILES string of the molecule is CCOC1CC(c2ccccc2)C(S(=O)(=O)C(F)(F)F)=C(c2ccccc2)O1. The average molecular weight is 412 g/mol. The summed E-state index contributed by atoms with van der Waals surface area (Å²) < 4.78 is 76.8. The fourth-order valence-corrected chi connectivity index (χ4v) is 4.46. The van der Waals surface area contributed by atoms with Crippen molar-refractivity contribution in [2.45, 2.75) is 31.1 Å². The van der Waals surface area contributed by atoms with E-state index in [1.54, 1.807) is 55.5 Å². The van der Waals surface area contributed by atoms with Crippen LogP contribution >= 0.6 is 0 Å². The molecule has 0 bridgehead atoms. The monoisotopic (exact) mass is 412 g/mol. The van der Waals surface area contributed by atoms with Crippen molar-refractivity contribution >= 4 is 15.6 Å². The highest BCUT2D eigenvalue weighted by molar-refractivity contribution is 7.96. The molecule has 0 saturated carbocycles. The molecular formula is C20H19F3O4S. The lowest BCUT2D eigenvalue weighted by atomic mass is 9.91. The molecule has 1 heterocycles. The van der Waals surface area contributed by atoms with Crippen LogP contribution in [0, 0.1) is 0 Å². The highest BCUT2D eigenvalue weighted by atomic mass is 32.2. The van der Waals surface area contributed by atoms with Gasteiger partial charge < -0.3 is 9.47 Å². The van der Waals surface area contributed by atoms with E-state index in [0.29, 0.717) is 5.56 Å². The Morgan fingerprint density at radius 2 is 1.61 bits per heavy atom. The van der Waals surface area contributed by atoms with E-state index in [9.17, 15) is 21.6 Å². The molecule has 0 aliphatic carbocycles. The van der Waals surface area contributed by atoms with Crippen LogP contribution in [0.15, 0.2) is 65.6 Å². The van der Waals surface area contributed by atoms with Gasteiger partial charge in [0.05, 0.1) is 0 Å². The Balaban J connectivity index is 2.29. The second-order valence-corrected chi connectivity index (χ2v) is 8.12. The van der Waals surface area contributed by atoms with Gasteiger partial charge in [-0.15, -0.1) is 0 Å². The number of hydrogen-bond acceptors (Lipinski definition) is 4. The minimum atomic E-state index is -5.63. The fraction of sp³-hybridized carbons (Fsp3) is 0.300. The van der Waals surface area contributed by atoms with Crippen molar-refractivity contribution in [1.29, 1.82) is 0 Å². The summed E-state index contributed by atoms with van der Waals surface area (Å²) in [6.07, 6.45) is -0.906. The van der Waals surface area contributed by atoms with Gasteiger partial charge in [0.25, 0.3) is 9.84 Å². The number of benzene rings is 2. The molecule has 1 aliphatic rings. The standard InChI is InChI=1S/C20H19F3O4S/c1-2-26-17-13-16(14-9-5-3-6-10-14)19(28(24,25)20(21,22)23)18(27-17)15-11-7-4-8-12-15/h3-12,16-17H,2,13H2,1H3. The van der Waals surface area contributed by atoms with E-state index in [4.69, 9.17) is 9.47 Å². The summed E-state index contributed by atoms with van der Waals surface area (Å²) in [6, 6.07) is 16.1. The number of ether oxygens (including phenoxy) is 2. The smallest absolute Gasteiger partial charge is 0.463 e. The summed E-state index contributed by atoms with van der Waals surface area (Å²) >= 11 is 0. The number of sulfone groups is 1. The second-order valence-electron chi connectivity index (χ2n) is 6.21. The fourth-order valence-electron chi connectivity index (χ4n) is 3.19. The number of rotatable bonds is 5.